The SMILES string of the molecule is NC(=O)CC1CCOc2ncccc21. The number of fused-ring (bicyclic) bond motifs is 1. The molecule has 1 atom stereocenters. The maximum absolute atomic E-state index is 10.8. The molecule has 0 bridgehead atoms. The molecule has 0 radical (unpaired) electrons. The lowest BCUT2D eigenvalue weighted by Crippen LogP contribution is -2.21. The molecule has 14 heavy (non-hydrogen) atoms. The number of carbonyl (C=O) groups is 1. The van der Waals surface area contributed by atoms with Gasteiger partial charge in [0.05, 0.1) is 6.61 Å². The van der Waals surface area contributed by atoms with Gasteiger partial charge in [-0.25, -0.2) is 4.98 Å². The van der Waals surface area contributed by atoms with Crippen molar-refractivity contribution in [1.82, 2.24) is 4.98 Å². The molecule has 2 heterocycles. The number of nitrogens with zero attached hydrogens (tertiary/aromatic N) is 1. The van der Waals surface area contributed by atoms with Crippen molar-refractivity contribution < 1.29 is 9.53 Å². The highest BCUT2D eigenvalue weighted by atomic mass is 16.5. The molecule has 0 spiro atoms. The number of amides is 1. The zero-order valence-corrected chi connectivity index (χ0v) is 7.77. The van der Waals surface area contributed by atoms with Crippen molar-refractivity contribution in [3.63, 3.8) is 0 Å². The van der Waals surface area contributed by atoms with Gasteiger partial charge in [-0.15, -0.1) is 0 Å². The first-order valence-corrected chi connectivity index (χ1v) is 4.63. The number of hydrogen-bond acceptors (Lipinski definition) is 3. The van der Waals surface area contributed by atoms with Crippen LogP contribution in [0.3, 0.4) is 0 Å². The largest absolute Gasteiger partial charge is 0.477 e. The fourth-order valence-corrected chi connectivity index (χ4v) is 1.74. The summed E-state index contributed by atoms with van der Waals surface area (Å²) in [5, 5.41) is 0. The van der Waals surface area contributed by atoms with Gasteiger partial charge in [-0.05, 0) is 12.5 Å². The summed E-state index contributed by atoms with van der Waals surface area (Å²) in [6.07, 6.45) is 2.90. The summed E-state index contributed by atoms with van der Waals surface area (Å²) in [4.78, 5) is 14.9. The van der Waals surface area contributed by atoms with Gasteiger partial charge in [-0.1, -0.05) is 6.07 Å². The fourth-order valence-electron chi connectivity index (χ4n) is 1.74. The van der Waals surface area contributed by atoms with Crippen molar-refractivity contribution in [3.05, 3.63) is 23.9 Å². The summed E-state index contributed by atoms with van der Waals surface area (Å²) < 4.78 is 5.37. The van der Waals surface area contributed by atoms with E-state index in [1.165, 1.54) is 0 Å². The minimum atomic E-state index is -0.272. The van der Waals surface area contributed by atoms with Gasteiger partial charge in [0.2, 0.25) is 11.8 Å². The number of ether oxygens (including phenoxy) is 1. The number of nitrogens with two attached hydrogens (primary N) is 1. The molecule has 0 saturated carbocycles. The Bertz CT molecular complexity index is 352. The van der Waals surface area contributed by atoms with Crippen molar-refractivity contribution in [1.29, 1.82) is 0 Å². The van der Waals surface area contributed by atoms with E-state index in [-0.39, 0.29) is 11.8 Å². The molecule has 1 aromatic heterocycles. The van der Waals surface area contributed by atoms with E-state index < -0.39 is 0 Å². The van der Waals surface area contributed by atoms with Crippen LogP contribution in [0.2, 0.25) is 0 Å². The Morgan fingerprint density at radius 3 is 3.36 bits per heavy atom. The Morgan fingerprint density at radius 2 is 2.57 bits per heavy atom. The molecule has 1 aliphatic heterocycles. The van der Waals surface area contributed by atoms with Crippen LogP contribution >= 0.6 is 0 Å². The van der Waals surface area contributed by atoms with Gasteiger partial charge in [0, 0.05) is 24.1 Å². The first-order valence-electron chi connectivity index (χ1n) is 4.63. The molecule has 1 amide bonds. The third kappa shape index (κ3) is 1.69. The first-order chi connectivity index (χ1) is 6.77. The lowest BCUT2D eigenvalue weighted by atomic mass is 9.92. The van der Waals surface area contributed by atoms with Crippen LogP contribution in [-0.2, 0) is 4.79 Å². The summed E-state index contributed by atoms with van der Waals surface area (Å²) in [6.45, 7) is 0.613. The summed E-state index contributed by atoms with van der Waals surface area (Å²) in [5.74, 6) is 0.543. The second kappa shape index (κ2) is 3.65. The topological polar surface area (TPSA) is 65.2 Å². The van der Waals surface area contributed by atoms with E-state index in [9.17, 15) is 4.79 Å². The smallest absolute Gasteiger partial charge is 0.218 e. The van der Waals surface area contributed by atoms with Gasteiger partial charge >= 0.3 is 0 Å². The predicted molar refractivity (Wildman–Crippen MR) is 50.9 cm³/mol. The molecule has 0 aromatic carbocycles. The molecule has 1 aliphatic rings. The normalized spacial score (nSPS) is 19.6. The number of carbonyl (C=O) groups excluding carboxylic acids is 1. The molecule has 0 fully saturated rings. The molecule has 0 aliphatic carbocycles. The number of hydrogen-bond donors (Lipinski definition) is 1. The van der Waals surface area contributed by atoms with Crippen LogP contribution in [0.15, 0.2) is 18.3 Å². The van der Waals surface area contributed by atoms with E-state index in [2.05, 4.69) is 4.98 Å². The Labute approximate surface area is 82.1 Å². The van der Waals surface area contributed by atoms with Crippen LogP contribution in [0.25, 0.3) is 0 Å². The summed E-state index contributed by atoms with van der Waals surface area (Å²) in [7, 11) is 0. The summed E-state index contributed by atoms with van der Waals surface area (Å²) >= 11 is 0. The molecule has 0 saturated heterocycles. The van der Waals surface area contributed by atoms with Gasteiger partial charge < -0.3 is 10.5 Å². The summed E-state index contributed by atoms with van der Waals surface area (Å²) in [6, 6.07) is 3.79. The molecule has 4 heteroatoms. The van der Waals surface area contributed by atoms with E-state index in [0.29, 0.717) is 18.9 Å². The maximum atomic E-state index is 10.8. The van der Waals surface area contributed by atoms with Crippen LogP contribution in [0.4, 0.5) is 0 Å². The molecule has 74 valence electrons. The highest BCUT2D eigenvalue weighted by Gasteiger charge is 2.23. The average Bonchev–Trinajstić information content (AvgIpc) is 2.18. The van der Waals surface area contributed by atoms with Crippen LogP contribution in [-0.4, -0.2) is 17.5 Å². The lowest BCUT2D eigenvalue weighted by molar-refractivity contribution is -0.118. The van der Waals surface area contributed by atoms with Gasteiger partial charge in [0.25, 0.3) is 0 Å². The van der Waals surface area contributed by atoms with E-state index in [0.717, 1.165) is 12.0 Å². The first kappa shape index (κ1) is 8.99. The van der Waals surface area contributed by atoms with Crippen molar-refractivity contribution in [2.75, 3.05) is 6.61 Å². The average molecular weight is 192 g/mol. The van der Waals surface area contributed by atoms with E-state index in [1.54, 1.807) is 6.20 Å². The monoisotopic (exact) mass is 192 g/mol. The third-order valence-corrected chi connectivity index (χ3v) is 2.39. The van der Waals surface area contributed by atoms with Crippen molar-refractivity contribution in [2.24, 2.45) is 5.73 Å². The molecule has 2 rings (SSSR count). The van der Waals surface area contributed by atoms with E-state index >= 15 is 0 Å². The highest BCUT2D eigenvalue weighted by molar-refractivity contribution is 5.75. The van der Waals surface area contributed by atoms with Gasteiger partial charge in [0.1, 0.15) is 0 Å². The molecular formula is C10H12N2O2. The van der Waals surface area contributed by atoms with Crippen LogP contribution < -0.4 is 10.5 Å². The van der Waals surface area contributed by atoms with Crippen molar-refractivity contribution in [2.45, 2.75) is 18.8 Å². The minimum absolute atomic E-state index is 0.171. The quantitative estimate of drug-likeness (QED) is 0.754. The number of aromatic nitrogens is 1. The highest BCUT2D eigenvalue weighted by Crippen LogP contribution is 2.33. The molecule has 4 nitrogen and oxygen atoms in total. The Balaban J connectivity index is 2.26. The Hall–Kier alpha value is -1.58. The second-order valence-corrected chi connectivity index (χ2v) is 3.40. The molecule has 1 aromatic rings. The van der Waals surface area contributed by atoms with Crippen LogP contribution in [0.5, 0.6) is 5.88 Å². The van der Waals surface area contributed by atoms with Crippen molar-refractivity contribution in [3.8, 4) is 5.88 Å². The molecule has 1 unspecified atom stereocenters. The summed E-state index contributed by atoms with van der Waals surface area (Å²) in [5.41, 5.74) is 6.18. The Kier molecular flexibility index (Phi) is 2.35. The van der Waals surface area contributed by atoms with E-state index in [1.807, 2.05) is 12.1 Å². The number of primary amides is 1. The number of rotatable bonds is 2. The zero-order valence-electron chi connectivity index (χ0n) is 7.77. The maximum Gasteiger partial charge on any atom is 0.218 e. The van der Waals surface area contributed by atoms with Gasteiger partial charge in [-0.3, -0.25) is 4.79 Å². The number of pyridine rings is 1. The molecule has 2 N–H and O–H groups in total. The Morgan fingerprint density at radius 1 is 1.71 bits per heavy atom. The van der Waals surface area contributed by atoms with Crippen LogP contribution in [0.1, 0.15) is 24.3 Å². The zero-order chi connectivity index (χ0) is 9.97. The van der Waals surface area contributed by atoms with Gasteiger partial charge in [-0.2, -0.15) is 0 Å². The predicted octanol–water partition coefficient (Wildman–Crippen LogP) is 0.823. The van der Waals surface area contributed by atoms with Gasteiger partial charge in [0.15, 0.2) is 0 Å². The minimum Gasteiger partial charge on any atom is -0.477 e. The van der Waals surface area contributed by atoms with Crippen LogP contribution in [0, 0.1) is 0 Å². The standard InChI is InChI=1S/C10H12N2O2/c11-9(13)6-7-3-5-14-10-8(7)2-1-4-12-10/h1-2,4,7H,3,5-6H2,(H2,11,13). The third-order valence-electron chi connectivity index (χ3n) is 2.39. The molecular weight excluding hydrogens is 180 g/mol. The fraction of sp³-hybridized carbons (Fsp3) is 0.400. The van der Waals surface area contributed by atoms with E-state index in [4.69, 9.17) is 10.5 Å². The second-order valence-electron chi connectivity index (χ2n) is 3.40. The van der Waals surface area contributed by atoms with Crippen molar-refractivity contribution >= 4 is 5.91 Å². The lowest BCUT2D eigenvalue weighted by Gasteiger charge is -2.23.